The van der Waals surface area contributed by atoms with Crippen LogP contribution in [0.25, 0.3) is 0 Å². The van der Waals surface area contributed by atoms with Gasteiger partial charge < -0.3 is 14.4 Å². The second kappa shape index (κ2) is 8.57. The molecule has 0 radical (unpaired) electrons. The fraction of sp³-hybridized carbons (Fsp3) is 0.562. The normalized spacial score (nSPS) is 18.6. The van der Waals surface area contributed by atoms with E-state index in [2.05, 4.69) is 4.74 Å². The van der Waals surface area contributed by atoms with Gasteiger partial charge in [0, 0.05) is 19.5 Å². The smallest absolute Gasteiger partial charge is 0.330 e. The number of amides is 1. The Hall–Kier alpha value is -1.74. The van der Waals surface area contributed by atoms with Gasteiger partial charge in [-0.25, -0.2) is 13.2 Å². The summed E-state index contributed by atoms with van der Waals surface area (Å²) >= 11 is 0. The molecule has 1 aromatic rings. The Bertz CT molecular complexity index is 585. The van der Waals surface area contributed by atoms with Crippen LogP contribution in [-0.4, -0.2) is 62.2 Å². The van der Waals surface area contributed by atoms with Gasteiger partial charge in [-0.05, 0) is 17.7 Å². The first-order valence-corrected chi connectivity index (χ1v) is 7.65. The van der Waals surface area contributed by atoms with Crippen molar-refractivity contribution in [3.8, 4) is 0 Å². The molecule has 2 rings (SSSR count). The Morgan fingerprint density at radius 3 is 2.84 bits per heavy atom. The van der Waals surface area contributed by atoms with Gasteiger partial charge in [-0.2, -0.15) is 8.78 Å². The van der Waals surface area contributed by atoms with E-state index in [9.17, 15) is 26.7 Å². The van der Waals surface area contributed by atoms with E-state index in [4.69, 9.17) is 4.74 Å². The van der Waals surface area contributed by atoms with Gasteiger partial charge in [0.25, 0.3) is 0 Å². The number of halogens is 5. The van der Waals surface area contributed by atoms with Crippen molar-refractivity contribution in [2.24, 2.45) is 0 Å². The zero-order valence-electron chi connectivity index (χ0n) is 13.3. The highest BCUT2D eigenvalue weighted by Crippen LogP contribution is 2.22. The lowest BCUT2D eigenvalue weighted by molar-refractivity contribution is -0.172. The highest BCUT2D eigenvalue weighted by molar-refractivity contribution is 5.77. The van der Waals surface area contributed by atoms with Crippen molar-refractivity contribution in [1.82, 2.24) is 4.90 Å². The van der Waals surface area contributed by atoms with Gasteiger partial charge in [-0.1, -0.05) is 12.1 Å². The Labute approximate surface area is 141 Å². The molecule has 140 valence electrons. The minimum atomic E-state index is -4.29. The van der Waals surface area contributed by atoms with Crippen LogP contribution in [0.1, 0.15) is 5.56 Å². The molecule has 1 aliphatic heterocycles. The van der Waals surface area contributed by atoms with Crippen molar-refractivity contribution in [2.45, 2.75) is 24.9 Å². The van der Waals surface area contributed by atoms with Crippen LogP contribution < -0.4 is 0 Å². The van der Waals surface area contributed by atoms with Gasteiger partial charge in [-0.3, -0.25) is 4.79 Å². The summed E-state index contributed by atoms with van der Waals surface area (Å²) in [5.74, 6) is -5.25. The first-order valence-electron chi connectivity index (χ1n) is 7.65. The first-order chi connectivity index (χ1) is 11.8. The van der Waals surface area contributed by atoms with Crippen LogP contribution in [-0.2, 0) is 20.7 Å². The van der Waals surface area contributed by atoms with Gasteiger partial charge in [0.05, 0.1) is 12.7 Å². The van der Waals surface area contributed by atoms with E-state index in [0.717, 1.165) is 0 Å². The van der Waals surface area contributed by atoms with Crippen LogP contribution >= 0.6 is 0 Å². The molecule has 1 fully saturated rings. The Kier molecular flexibility index (Phi) is 6.71. The Balaban J connectivity index is 1.80. The lowest BCUT2D eigenvalue weighted by Crippen LogP contribution is -2.48. The predicted molar refractivity (Wildman–Crippen MR) is 78.2 cm³/mol. The fourth-order valence-corrected chi connectivity index (χ4v) is 2.42. The number of ether oxygens (including phenoxy) is 2. The van der Waals surface area contributed by atoms with E-state index in [1.54, 1.807) is 12.1 Å². The van der Waals surface area contributed by atoms with Crippen molar-refractivity contribution in [3.63, 3.8) is 0 Å². The van der Waals surface area contributed by atoms with Crippen LogP contribution in [0.3, 0.4) is 0 Å². The molecule has 1 unspecified atom stereocenters. The molecule has 1 amide bonds. The van der Waals surface area contributed by atoms with Crippen molar-refractivity contribution in [1.29, 1.82) is 0 Å². The van der Waals surface area contributed by atoms with Crippen LogP contribution in [0.2, 0.25) is 0 Å². The van der Waals surface area contributed by atoms with Gasteiger partial charge in [-0.15, -0.1) is 0 Å². The highest BCUT2D eigenvalue weighted by atomic mass is 19.3. The standard InChI is InChI=1S/C16H18F5NO3/c17-12-3-1-2-11(6-12)7-13-8-22(4-5-25-13)14(23)9-24-10-16(20,21)15(18)19/h1-3,6,13,15H,4-5,7-10H2. The molecule has 1 saturated heterocycles. The number of alkyl halides is 4. The zero-order chi connectivity index (χ0) is 18.4. The molecule has 0 saturated carbocycles. The van der Waals surface area contributed by atoms with E-state index in [-0.39, 0.29) is 31.6 Å². The number of rotatable bonds is 7. The van der Waals surface area contributed by atoms with Crippen LogP contribution in [0.15, 0.2) is 24.3 Å². The third-order valence-corrected chi connectivity index (χ3v) is 3.68. The van der Waals surface area contributed by atoms with Crippen molar-refractivity contribution < 1.29 is 36.2 Å². The minimum Gasteiger partial charge on any atom is -0.374 e. The molecular weight excluding hydrogens is 349 g/mol. The maximum Gasteiger partial charge on any atom is 0.330 e. The van der Waals surface area contributed by atoms with Crippen LogP contribution in [0, 0.1) is 5.82 Å². The topological polar surface area (TPSA) is 38.8 Å². The molecule has 0 aromatic heterocycles. The number of hydrogen-bond donors (Lipinski definition) is 0. The zero-order valence-corrected chi connectivity index (χ0v) is 13.3. The second-order valence-corrected chi connectivity index (χ2v) is 5.72. The molecule has 25 heavy (non-hydrogen) atoms. The molecule has 1 atom stereocenters. The Morgan fingerprint density at radius 2 is 2.16 bits per heavy atom. The maximum absolute atomic E-state index is 13.2. The lowest BCUT2D eigenvalue weighted by Gasteiger charge is -2.33. The largest absolute Gasteiger partial charge is 0.374 e. The Morgan fingerprint density at radius 1 is 1.40 bits per heavy atom. The summed E-state index contributed by atoms with van der Waals surface area (Å²) in [4.78, 5) is 13.3. The molecule has 0 aliphatic carbocycles. The summed E-state index contributed by atoms with van der Waals surface area (Å²) in [5, 5.41) is 0. The van der Waals surface area contributed by atoms with Crippen molar-refractivity contribution >= 4 is 5.91 Å². The molecule has 1 heterocycles. The molecule has 1 aliphatic rings. The van der Waals surface area contributed by atoms with E-state index in [1.165, 1.54) is 17.0 Å². The fourth-order valence-electron chi connectivity index (χ4n) is 2.42. The second-order valence-electron chi connectivity index (χ2n) is 5.72. The van der Waals surface area contributed by atoms with E-state index in [0.29, 0.717) is 12.0 Å². The van der Waals surface area contributed by atoms with Gasteiger partial charge in [0.2, 0.25) is 5.91 Å². The molecule has 4 nitrogen and oxygen atoms in total. The molecule has 9 heteroatoms. The number of benzene rings is 1. The summed E-state index contributed by atoms with van der Waals surface area (Å²) in [5.41, 5.74) is 0.701. The number of carbonyl (C=O) groups is 1. The molecule has 0 spiro atoms. The minimum absolute atomic E-state index is 0.184. The third-order valence-electron chi connectivity index (χ3n) is 3.68. The summed E-state index contributed by atoms with van der Waals surface area (Å²) in [7, 11) is 0. The number of nitrogens with zero attached hydrogens (tertiary/aromatic N) is 1. The van der Waals surface area contributed by atoms with Gasteiger partial charge >= 0.3 is 12.3 Å². The molecule has 1 aromatic carbocycles. The predicted octanol–water partition coefficient (Wildman–Crippen LogP) is 2.51. The van der Waals surface area contributed by atoms with Crippen LogP contribution in [0.4, 0.5) is 22.0 Å². The average molecular weight is 367 g/mol. The summed E-state index contributed by atoms with van der Waals surface area (Å²) in [6, 6.07) is 5.96. The lowest BCUT2D eigenvalue weighted by atomic mass is 10.1. The number of hydrogen-bond acceptors (Lipinski definition) is 3. The van der Waals surface area contributed by atoms with Gasteiger partial charge in [0.1, 0.15) is 19.0 Å². The third kappa shape index (κ3) is 5.93. The molecular formula is C16H18F5NO3. The number of carbonyl (C=O) groups excluding carboxylic acids is 1. The summed E-state index contributed by atoms with van der Waals surface area (Å²) in [6.07, 6.45) is -3.84. The first kappa shape index (κ1) is 19.6. The van der Waals surface area contributed by atoms with Crippen molar-refractivity contribution in [2.75, 3.05) is 32.9 Å². The number of morpholine rings is 1. The quantitative estimate of drug-likeness (QED) is 0.696. The highest BCUT2D eigenvalue weighted by Gasteiger charge is 2.41. The van der Waals surface area contributed by atoms with Crippen LogP contribution in [0.5, 0.6) is 0 Å². The van der Waals surface area contributed by atoms with E-state index in [1.807, 2.05) is 0 Å². The van der Waals surface area contributed by atoms with E-state index >= 15 is 0 Å². The SMILES string of the molecule is O=C(COCC(F)(F)C(F)F)N1CCOC(Cc2cccc(F)c2)C1. The molecule has 0 bridgehead atoms. The summed E-state index contributed by atoms with van der Waals surface area (Å²) in [6.45, 7) is -1.57. The van der Waals surface area contributed by atoms with E-state index < -0.39 is 31.5 Å². The van der Waals surface area contributed by atoms with Gasteiger partial charge in [0.15, 0.2) is 0 Å². The average Bonchev–Trinajstić information content (AvgIpc) is 2.54. The molecule has 0 N–H and O–H groups in total. The maximum atomic E-state index is 13.2. The van der Waals surface area contributed by atoms with Crippen molar-refractivity contribution in [3.05, 3.63) is 35.6 Å². The summed E-state index contributed by atoms with van der Waals surface area (Å²) < 4.78 is 72.6. The monoisotopic (exact) mass is 367 g/mol.